The second kappa shape index (κ2) is 29.7. The molecule has 8 amide bonds. The number of hydrogen-bond acceptors (Lipinski definition) is 26. The molecule has 5 aromatic rings. The molecule has 91 heavy (non-hydrogen) atoms. The molecule has 0 saturated carbocycles. The lowest BCUT2D eigenvalue weighted by Gasteiger charge is -2.34. The number of aliphatic hydroxyl groups excluding tert-OH is 7. The Hall–Kier alpha value is -7.78. The summed E-state index contributed by atoms with van der Waals surface area (Å²) in [4.78, 5) is 123. The van der Waals surface area contributed by atoms with Crippen LogP contribution in [-0.2, 0) is 42.9 Å². The number of primary amides is 1. The largest absolute Gasteiger partial charge is 0.504 e. The SMILES string of the molecule is CC(O)C1NC(=O)[C@@H](NC(=O)c2ccc(-c3cn4nc(-c5ccc(N6CCSCC6)cc5)sc4n3)cc2)CC(O)CNC(=O)C2C(O)C(C)CN2C(=O)C(C(O)CC(N)=O)NC(=O)C(C(O)C(O)c2ccc(O)c(OSOOO)c2)NC(=O)C2CC(O)CN2C1=O. The Morgan fingerprint density at radius 3 is 2.15 bits per heavy atom. The Kier molecular flexibility index (Phi) is 22.0. The number of aromatic nitrogens is 3. The molecule has 0 bridgehead atoms. The topological polar surface area (TPSA) is 472 Å². The molecule has 2 aromatic heterocycles. The Balaban J connectivity index is 0.998. The summed E-state index contributed by atoms with van der Waals surface area (Å²) in [6.45, 7) is 2.66. The molecule has 4 aliphatic heterocycles. The number of imidazole rings is 1. The standard InChI is InChI=1S/C56H68N12O20S3/c1-25-22-67-44(45(25)75)52(82)58-21-32(70)18-34(59-48(78)28-5-3-27(4-6-28)35-24-68-56(60-35)90-53(64-68)29-7-10-31(11-8-29)65-13-15-89-16-14-65)49(79)61-41(26(2)69)54(83)66-23-33(71)19-36(66)50(80)63-43(51(81)62-42(55(67)84)38(73)20-40(57)74)47(77)46(76)30-9-12-37(72)39(17-30)86-91-88-87-85/h3-12,17,24-26,32-34,36,38,41-47,69-73,75-77,85H,13-16,18-23H2,1-2H3,(H2,57,74)(H,58,82)(H,59,78)(H,61,79)(H,62,81)(H,63,80)/t25?,26?,32?,33?,34-,36?,38?,41?,42?,43?,44?,45?,46?,47?/m0/s1. The first-order chi connectivity index (χ1) is 43.4. The molecule has 4 saturated heterocycles. The minimum atomic E-state index is -2.53. The fourth-order valence-electron chi connectivity index (χ4n) is 11.1. The normalized spacial score (nSPS) is 26.3. The molecule has 4 aliphatic rings. The Morgan fingerprint density at radius 2 is 1.48 bits per heavy atom. The highest BCUT2D eigenvalue weighted by molar-refractivity contribution is 7.99. The van der Waals surface area contributed by atoms with Crippen molar-refractivity contribution in [3.63, 3.8) is 0 Å². The molecule has 13 unspecified atom stereocenters. The second-order valence-corrected chi connectivity index (χ2v) is 25.0. The van der Waals surface area contributed by atoms with Crippen molar-refractivity contribution in [3.8, 4) is 33.3 Å². The summed E-state index contributed by atoms with van der Waals surface area (Å²) in [5.41, 5.74) is 8.21. The summed E-state index contributed by atoms with van der Waals surface area (Å²) in [5, 5.41) is 120. The fraction of sp³-hybridized carbons (Fsp3) is 0.464. The van der Waals surface area contributed by atoms with Gasteiger partial charge in [-0.15, -0.1) is 0 Å². The van der Waals surface area contributed by atoms with Crippen molar-refractivity contribution in [2.75, 3.05) is 49.1 Å². The van der Waals surface area contributed by atoms with Crippen LogP contribution < -0.4 is 41.4 Å². The van der Waals surface area contributed by atoms with Crippen LogP contribution >= 0.6 is 35.4 Å². The number of hydrogen-bond donors (Lipinski definition) is 15. The molecule has 6 heterocycles. The predicted molar refractivity (Wildman–Crippen MR) is 322 cm³/mol. The highest BCUT2D eigenvalue weighted by Crippen LogP contribution is 2.35. The van der Waals surface area contributed by atoms with Gasteiger partial charge < -0.3 is 92.1 Å². The second-order valence-electron chi connectivity index (χ2n) is 22.3. The van der Waals surface area contributed by atoms with E-state index >= 15 is 0 Å². The number of carbonyl (C=O) groups is 8. The number of anilines is 1. The molecular formula is C56H68N12O20S3. The number of benzene rings is 3. The summed E-state index contributed by atoms with van der Waals surface area (Å²) in [6.07, 6.45) is -14.4. The third kappa shape index (κ3) is 15.8. The summed E-state index contributed by atoms with van der Waals surface area (Å²) in [5.74, 6) is -9.75. The highest BCUT2D eigenvalue weighted by Gasteiger charge is 2.50. The van der Waals surface area contributed by atoms with Gasteiger partial charge in [0.1, 0.15) is 53.5 Å². The van der Waals surface area contributed by atoms with Crippen LogP contribution in [0.2, 0.25) is 0 Å². The first kappa shape index (κ1) is 67.6. The van der Waals surface area contributed by atoms with E-state index in [4.69, 9.17) is 25.3 Å². The number of phenolic OH excluding ortho intramolecular Hbond substituents is 1. The molecule has 0 radical (unpaired) electrons. The molecular weight excluding hydrogens is 1260 g/mol. The number of aliphatic hydroxyl groups is 7. The number of nitrogens with two attached hydrogens (primary N) is 1. The highest BCUT2D eigenvalue weighted by atomic mass is 32.2. The van der Waals surface area contributed by atoms with Crippen molar-refractivity contribution in [1.82, 2.24) is 51.0 Å². The maximum atomic E-state index is 14.7. The smallest absolute Gasteiger partial charge is 0.261 e. The van der Waals surface area contributed by atoms with Gasteiger partial charge in [0.15, 0.2) is 11.5 Å². The molecule has 4 fully saturated rings. The van der Waals surface area contributed by atoms with Crippen LogP contribution in [0.1, 0.15) is 55.1 Å². The zero-order chi connectivity index (χ0) is 65.5. The quantitative estimate of drug-likeness (QED) is 0.0203. The van der Waals surface area contributed by atoms with Crippen LogP contribution in [0.3, 0.4) is 0 Å². The molecule has 14 atom stereocenters. The van der Waals surface area contributed by atoms with Crippen molar-refractivity contribution in [3.05, 3.63) is 84.1 Å². The Morgan fingerprint density at radius 1 is 0.813 bits per heavy atom. The van der Waals surface area contributed by atoms with Gasteiger partial charge in [-0.2, -0.15) is 16.9 Å². The minimum Gasteiger partial charge on any atom is -0.504 e. The number of thioether (sulfide) groups is 1. The number of carbonyl (C=O) groups excluding carboxylic acids is 8. The number of phenols is 1. The van der Waals surface area contributed by atoms with Crippen LogP contribution in [0, 0.1) is 5.92 Å². The molecule has 35 heteroatoms. The third-order valence-corrected chi connectivity index (χ3v) is 18.2. The van der Waals surface area contributed by atoms with E-state index in [-0.39, 0.29) is 23.5 Å². The molecule has 9 rings (SSSR count). The van der Waals surface area contributed by atoms with Gasteiger partial charge in [-0.1, -0.05) is 45.8 Å². The number of amides is 8. The Bertz CT molecular complexity index is 3440. The first-order valence-corrected chi connectivity index (χ1v) is 31.2. The van der Waals surface area contributed by atoms with E-state index in [1.165, 1.54) is 30.4 Å². The van der Waals surface area contributed by atoms with Gasteiger partial charge >= 0.3 is 0 Å². The summed E-state index contributed by atoms with van der Waals surface area (Å²) >= 11 is 3.29. The average molecular weight is 1330 g/mol. The van der Waals surface area contributed by atoms with Gasteiger partial charge in [-0.3, -0.25) is 38.4 Å². The van der Waals surface area contributed by atoms with Crippen LogP contribution in [0.5, 0.6) is 11.5 Å². The van der Waals surface area contributed by atoms with Crippen LogP contribution in [-0.4, -0.2) is 235 Å². The molecule has 490 valence electrons. The van der Waals surface area contributed by atoms with Gasteiger partial charge in [-0.25, -0.2) is 14.8 Å². The van der Waals surface area contributed by atoms with E-state index in [9.17, 15) is 79.2 Å². The summed E-state index contributed by atoms with van der Waals surface area (Å²) in [7, 11) is 0. The molecule has 0 spiro atoms. The molecule has 0 aliphatic carbocycles. The van der Waals surface area contributed by atoms with E-state index < -0.39 is 183 Å². The van der Waals surface area contributed by atoms with E-state index in [0.717, 1.165) is 75.8 Å². The lowest BCUT2D eigenvalue weighted by molar-refractivity contribution is -0.433. The van der Waals surface area contributed by atoms with Gasteiger partial charge in [0.25, 0.3) is 18.2 Å². The predicted octanol–water partition coefficient (Wildman–Crippen LogP) is -2.94. The number of rotatable bonds is 16. The molecule has 32 nitrogen and oxygen atoms in total. The van der Waals surface area contributed by atoms with Crippen molar-refractivity contribution in [1.29, 1.82) is 0 Å². The fourth-order valence-corrected chi connectivity index (χ4v) is 13.1. The van der Waals surface area contributed by atoms with Crippen molar-refractivity contribution < 1.29 is 98.0 Å². The zero-order valence-corrected chi connectivity index (χ0v) is 51.0. The van der Waals surface area contributed by atoms with Gasteiger partial charge in [0.2, 0.25) is 46.3 Å². The lowest BCUT2D eigenvalue weighted by atomic mass is 9.96. The van der Waals surface area contributed by atoms with Crippen molar-refractivity contribution in [2.45, 2.75) is 112 Å². The van der Waals surface area contributed by atoms with Crippen LogP contribution in [0.4, 0.5) is 5.69 Å². The number of nitrogens with zero attached hydrogens (tertiary/aromatic N) is 6. The van der Waals surface area contributed by atoms with Gasteiger partial charge in [0.05, 0.1) is 48.8 Å². The van der Waals surface area contributed by atoms with Gasteiger partial charge in [-0.05, 0) is 61.0 Å². The monoisotopic (exact) mass is 1320 g/mol. The van der Waals surface area contributed by atoms with E-state index in [1.807, 2.05) is 23.9 Å². The van der Waals surface area contributed by atoms with Crippen molar-refractivity contribution in [2.24, 2.45) is 11.7 Å². The van der Waals surface area contributed by atoms with Gasteiger partial charge in [0, 0.05) is 85.4 Å². The Labute approximate surface area is 530 Å². The average Bonchev–Trinajstić information content (AvgIpc) is 1.76. The zero-order valence-electron chi connectivity index (χ0n) is 48.6. The maximum Gasteiger partial charge on any atom is 0.261 e. The number of nitrogens with one attached hydrogen (secondary N) is 5. The number of aromatic hydroxyl groups is 1. The van der Waals surface area contributed by atoms with E-state index in [1.54, 1.807) is 22.8 Å². The minimum absolute atomic E-state index is 0.00368. The number of fused-ring (bicyclic) bond motifs is 3. The summed E-state index contributed by atoms with van der Waals surface area (Å²) < 4.78 is 10.9. The molecule has 16 N–H and O–H groups in total. The maximum absolute atomic E-state index is 14.7. The van der Waals surface area contributed by atoms with Crippen LogP contribution in [0.15, 0.2) is 72.9 Å². The van der Waals surface area contributed by atoms with E-state index in [2.05, 4.69) is 53.0 Å². The molecule has 3 aromatic carbocycles. The number of β-amino-alcohol motifs (C(OH)–C–C–N with tert-alkyl or cyclic N) is 1. The van der Waals surface area contributed by atoms with Crippen molar-refractivity contribution >= 4 is 93.3 Å². The third-order valence-electron chi connectivity index (χ3n) is 15.9. The first-order valence-electron chi connectivity index (χ1n) is 28.6. The van der Waals surface area contributed by atoms with E-state index in [0.29, 0.717) is 16.2 Å². The van der Waals surface area contributed by atoms with Crippen LogP contribution in [0.25, 0.3) is 26.8 Å². The lowest BCUT2D eigenvalue weighted by Crippen LogP contribution is -2.64. The summed E-state index contributed by atoms with van der Waals surface area (Å²) in [6, 6.07) is 4.93.